The summed E-state index contributed by atoms with van der Waals surface area (Å²) in [6, 6.07) is 6.58. The highest BCUT2D eigenvalue weighted by atomic mass is 79.9. The second kappa shape index (κ2) is 4.43. The summed E-state index contributed by atoms with van der Waals surface area (Å²) in [6.07, 6.45) is 0. The van der Waals surface area contributed by atoms with Crippen LogP contribution in [0.1, 0.15) is 17.2 Å². The second-order valence-corrected chi connectivity index (χ2v) is 4.75. The van der Waals surface area contributed by atoms with Crippen LogP contribution in [0.15, 0.2) is 39.5 Å². The highest BCUT2D eigenvalue weighted by Crippen LogP contribution is 2.29. The van der Waals surface area contributed by atoms with Gasteiger partial charge in [0.25, 0.3) is 0 Å². The van der Waals surface area contributed by atoms with E-state index in [-0.39, 0.29) is 11.9 Å². The smallest absolute Gasteiger partial charge is 0.137 e. The van der Waals surface area contributed by atoms with Crippen LogP contribution in [0.4, 0.5) is 4.39 Å². The molecule has 0 aliphatic rings. The van der Waals surface area contributed by atoms with Crippen molar-refractivity contribution in [2.75, 3.05) is 0 Å². The number of benzene rings is 1. The van der Waals surface area contributed by atoms with E-state index in [2.05, 4.69) is 15.9 Å². The minimum Gasteiger partial charge on any atom is -0.320 e. The minimum atomic E-state index is -0.279. The first kappa shape index (κ1) is 10.8. The van der Waals surface area contributed by atoms with Gasteiger partial charge < -0.3 is 5.73 Å². The van der Waals surface area contributed by atoms with Crippen LogP contribution in [0.3, 0.4) is 0 Å². The number of halogens is 2. The van der Waals surface area contributed by atoms with E-state index >= 15 is 0 Å². The number of hydrogen-bond donors (Lipinski definition) is 1. The number of thiophene rings is 1. The Kier molecular flexibility index (Phi) is 3.19. The molecule has 0 saturated heterocycles. The predicted molar refractivity (Wildman–Crippen MR) is 64.4 cm³/mol. The zero-order valence-corrected chi connectivity index (χ0v) is 10.2. The van der Waals surface area contributed by atoms with Gasteiger partial charge in [-0.25, -0.2) is 4.39 Å². The number of rotatable bonds is 2. The van der Waals surface area contributed by atoms with Gasteiger partial charge in [0.2, 0.25) is 0 Å². The van der Waals surface area contributed by atoms with E-state index in [1.54, 1.807) is 17.4 Å². The fraction of sp³-hybridized carbons (Fsp3) is 0.0909. The predicted octanol–water partition coefficient (Wildman–Crippen LogP) is 3.70. The Hall–Kier alpha value is -0.710. The zero-order chi connectivity index (χ0) is 10.8. The Labute approximate surface area is 99.9 Å². The van der Waals surface area contributed by atoms with Crippen LogP contribution in [-0.4, -0.2) is 0 Å². The normalized spacial score (nSPS) is 12.7. The molecular weight excluding hydrogens is 277 g/mol. The van der Waals surface area contributed by atoms with Gasteiger partial charge in [-0.05, 0) is 49.9 Å². The van der Waals surface area contributed by atoms with Crippen molar-refractivity contribution in [2.45, 2.75) is 6.04 Å². The molecule has 2 rings (SSSR count). The maximum Gasteiger partial charge on any atom is 0.137 e. The van der Waals surface area contributed by atoms with E-state index in [0.29, 0.717) is 4.47 Å². The average Bonchev–Trinajstić information content (AvgIpc) is 2.74. The third kappa shape index (κ3) is 2.12. The van der Waals surface area contributed by atoms with Crippen molar-refractivity contribution >= 4 is 27.3 Å². The fourth-order valence-electron chi connectivity index (χ4n) is 1.39. The van der Waals surface area contributed by atoms with Crippen LogP contribution < -0.4 is 5.73 Å². The summed E-state index contributed by atoms with van der Waals surface area (Å²) in [6.45, 7) is 0. The molecule has 0 spiro atoms. The lowest BCUT2D eigenvalue weighted by Crippen LogP contribution is -2.11. The van der Waals surface area contributed by atoms with Crippen LogP contribution in [0.2, 0.25) is 0 Å². The standard InChI is InChI=1S/C11H9BrFNS/c12-10-8(2-1-3-9(10)13)11(14)7-4-5-15-6-7/h1-6,11H,14H2. The molecule has 78 valence electrons. The first-order chi connectivity index (χ1) is 7.20. The third-order valence-electron chi connectivity index (χ3n) is 2.22. The number of nitrogens with two attached hydrogens (primary N) is 1. The van der Waals surface area contributed by atoms with Crippen molar-refractivity contribution < 1.29 is 4.39 Å². The second-order valence-electron chi connectivity index (χ2n) is 3.18. The molecule has 1 heterocycles. The van der Waals surface area contributed by atoms with Gasteiger partial charge in [0.1, 0.15) is 5.82 Å². The highest BCUT2D eigenvalue weighted by molar-refractivity contribution is 9.10. The molecule has 1 atom stereocenters. The van der Waals surface area contributed by atoms with Crippen molar-refractivity contribution in [3.05, 3.63) is 56.4 Å². The van der Waals surface area contributed by atoms with E-state index < -0.39 is 0 Å². The monoisotopic (exact) mass is 285 g/mol. The van der Waals surface area contributed by atoms with E-state index in [9.17, 15) is 4.39 Å². The van der Waals surface area contributed by atoms with Crippen LogP contribution in [0.5, 0.6) is 0 Å². The van der Waals surface area contributed by atoms with Gasteiger partial charge in [-0.2, -0.15) is 11.3 Å². The lowest BCUT2D eigenvalue weighted by Gasteiger charge is -2.12. The molecule has 1 nitrogen and oxygen atoms in total. The average molecular weight is 286 g/mol. The van der Waals surface area contributed by atoms with Crippen molar-refractivity contribution in [2.24, 2.45) is 5.73 Å². The summed E-state index contributed by atoms with van der Waals surface area (Å²) in [5.74, 6) is -0.279. The van der Waals surface area contributed by atoms with Crippen LogP contribution in [0, 0.1) is 5.82 Å². The van der Waals surface area contributed by atoms with Gasteiger partial charge in [-0.1, -0.05) is 12.1 Å². The largest absolute Gasteiger partial charge is 0.320 e. The van der Waals surface area contributed by atoms with E-state index in [1.165, 1.54) is 6.07 Å². The molecule has 1 aromatic heterocycles. The molecule has 0 aliphatic heterocycles. The SMILES string of the molecule is NC(c1ccsc1)c1cccc(F)c1Br. The van der Waals surface area contributed by atoms with Crippen LogP contribution >= 0.6 is 27.3 Å². The van der Waals surface area contributed by atoms with Gasteiger partial charge in [0.15, 0.2) is 0 Å². The minimum absolute atomic E-state index is 0.277. The number of hydrogen-bond acceptors (Lipinski definition) is 2. The van der Waals surface area contributed by atoms with E-state index in [4.69, 9.17) is 5.73 Å². The fourth-order valence-corrected chi connectivity index (χ4v) is 2.60. The Morgan fingerprint density at radius 3 is 2.80 bits per heavy atom. The highest BCUT2D eigenvalue weighted by Gasteiger charge is 2.14. The zero-order valence-electron chi connectivity index (χ0n) is 7.78. The summed E-state index contributed by atoms with van der Waals surface area (Å²) in [5, 5.41) is 3.93. The third-order valence-corrected chi connectivity index (χ3v) is 3.76. The van der Waals surface area contributed by atoms with E-state index in [0.717, 1.165) is 11.1 Å². The molecule has 1 aromatic carbocycles. The Bertz CT molecular complexity index is 456. The summed E-state index contributed by atoms with van der Waals surface area (Å²) < 4.78 is 13.7. The summed E-state index contributed by atoms with van der Waals surface area (Å²) >= 11 is 4.80. The molecule has 2 N–H and O–H groups in total. The van der Waals surface area contributed by atoms with Crippen molar-refractivity contribution in [3.8, 4) is 0 Å². The lowest BCUT2D eigenvalue weighted by atomic mass is 10.0. The Morgan fingerprint density at radius 1 is 1.33 bits per heavy atom. The van der Waals surface area contributed by atoms with Crippen LogP contribution in [0.25, 0.3) is 0 Å². The molecule has 15 heavy (non-hydrogen) atoms. The lowest BCUT2D eigenvalue weighted by molar-refractivity contribution is 0.616. The topological polar surface area (TPSA) is 26.0 Å². The van der Waals surface area contributed by atoms with Gasteiger partial charge in [-0.15, -0.1) is 0 Å². The molecule has 0 bridgehead atoms. The summed E-state index contributed by atoms with van der Waals surface area (Å²) in [5.41, 5.74) is 7.82. The van der Waals surface area contributed by atoms with Gasteiger partial charge in [0.05, 0.1) is 10.5 Å². The Morgan fingerprint density at radius 2 is 2.13 bits per heavy atom. The summed E-state index contributed by atoms with van der Waals surface area (Å²) in [7, 11) is 0. The van der Waals surface area contributed by atoms with Crippen molar-refractivity contribution in [1.29, 1.82) is 0 Å². The molecule has 0 aliphatic carbocycles. The molecule has 4 heteroatoms. The van der Waals surface area contributed by atoms with E-state index in [1.807, 2.05) is 22.9 Å². The maximum absolute atomic E-state index is 13.3. The van der Waals surface area contributed by atoms with Gasteiger partial charge in [0, 0.05) is 0 Å². The molecule has 0 fully saturated rings. The Balaban J connectivity index is 2.42. The van der Waals surface area contributed by atoms with Crippen molar-refractivity contribution in [3.63, 3.8) is 0 Å². The molecule has 1 unspecified atom stereocenters. The molecule has 2 aromatic rings. The van der Waals surface area contributed by atoms with Crippen molar-refractivity contribution in [1.82, 2.24) is 0 Å². The molecule has 0 saturated carbocycles. The van der Waals surface area contributed by atoms with Gasteiger partial charge >= 0.3 is 0 Å². The molecule has 0 radical (unpaired) electrons. The quantitative estimate of drug-likeness (QED) is 0.895. The molecule has 0 amide bonds. The first-order valence-electron chi connectivity index (χ1n) is 4.41. The first-order valence-corrected chi connectivity index (χ1v) is 6.15. The summed E-state index contributed by atoms with van der Waals surface area (Å²) in [4.78, 5) is 0. The maximum atomic E-state index is 13.3. The molecular formula is C11H9BrFNS. The van der Waals surface area contributed by atoms with Gasteiger partial charge in [-0.3, -0.25) is 0 Å². The van der Waals surface area contributed by atoms with Crippen LogP contribution in [-0.2, 0) is 0 Å².